The van der Waals surface area contributed by atoms with E-state index in [1.165, 1.54) is 8.66 Å². The molecule has 1 aromatic carbocycles. The molecule has 0 spiro atoms. The van der Waals surface area contributed by atoms with Gasteiger partial charge in [0.15, 0.2) is 0 Å². The van der Waals surface area contributed by atoms with E-state index in [9.17, 15) is 0 Å². The lowest BCUT2D eigenvalue weighted by Gasteiger charge is -2.09. The summed E-state index contributed by atoms with van der Waals surface area (Å²) in [5.41, 5.74) is 2.02. The van der Waals surface area contributed by atoms with Gasteiger partial charge in [-0.1, -0.05) is 11.6 Å². The first-order chi connectivity index (χ1) is 9.72. The number of nitrogens with zero attached hydrogens (tertiary/aromatic N) is 1. The van der Waals surface area contributed by atoms with E-state index in [0.29, 0.717) is 5.02 Å². The minimum atomic E-state index is 0.714. The van der Waals surface area contributed by atoms with E-state index in [0.717, 1.165) is 29.6 Å². The van der Waals surface area contributed by atoms with Crippen molar-refractivity contribution < 1.29 is 0 Å². The van der Waals surface area contributed by atoms with Crippen molar-refractivity contribution in [2.45, 2.75) is 6.42 Å². The molecular weight excluding hydrogens is 356 g/mol. The quantitative estimate of drug-likeness (QED) is 0.671. The highest BCUT2D eigenvalue weighted by Gasteiger charge is 2.03. The molecule has 0 saturated carbocycles. The Kier molecular flexibility index (Phi) is 4.24. The maximum atomic E-state index is 5.99. The van der Waals surface area contributed by atoms with Gasteiger partial charge < -0.3 is 5.32 Å². The van der Waals surface area contributed by atoms with Crippen molar-refractivity contribution in [3.63, 3.8) is 0 Å². The Bertz CT molecular complexity index is 742. The molecule has 0 atom stereocenters. The molecule has 0 aliphatic heterocycles. The van der Waals surface area contributed by atoms with Crippen LogP contribution in [0.3, 0.4) is 0 Å². The number of pyridine rings is 1. The maximum absolute atomic E-state index is 5.99. The first kappa shape index (κ1) is 13.9. The van der Waals surface area contributed by atoms with Crippen LogP contribution in [0.1, 0.15) is 4.88 Å². The Labute approximate surface area is 134 Å². The topological polar surface area (TPSA) is 24.9 Å². The molecule has 0 aliphatic rings. The maximum Gasteiger partial charge on any atom is 0.0737 e. The normalized spacial score (nSPS) is 10.9. The largest absolute Gasteiger partial charge is 0.384 e. The number of benzene rings is 1. The monoisotopic (exact) mass is 366 g/mol. The Morgan fingerprint density at radius 3 is 2.90 bits per heavy atom. The van der Waals surface area contributed by atoms with Crippen molar-refractivity contribution >= 4 is 55.5 Å². The molecule has 0 aliphatic carbocycles. The summed E-state index contributed by atoms with van der Waals surface area (Å²) in [5, 5.41) is 5.29. The molecule has 3 aromatic rings. The Morgan fingerprint density at radius 1 is 1.20 bits per heavy atom. The summed E-state index contributed by atoms with van der Waals surface area (Å²) in [6.45, 7) is 0.898. The number of hydrogen-bond donors (Lipinski definition) is 1. The number of aromatic nitrogens is 1. The second-order valence-electron chi connectivity index (χ2n) is 4.40. The van der Waals surface area contributed by atoms with Crippen LogP contribution in [-0.4, -0.2) is 11.5 Å². The highest BCUT2D eigenvalue weighted by atomic mass is 79.9. The first-order valence-electron chi connectivity index (χ1n) is 6.25. The minimum Gasteiger partial charge on any atom is -0.384 e. The van der Waals surface area contributed by atoms with Gasteiger partial charge >= 0.3 is 0 Å². The minimum absolute atomic E-state index is 0.714. The number of hydrogen-bond acceptors (Lipinski definition) is 3. The number of anilines is 1. The zero-order valence-electron chi connectivity index (χ0n) is 10.6. The van der Waals surface area contributed by atoms with Crippen molar-refractivity contribution in [3.8, 4) is 0 Å². The summed E-state index contributed by atoms with van der Waals surface area (Å²) >= 11 is 11.3. The van der Waals surface area contributed by atoms with Gasteiger partial charge in [-0.2, -0.15) is 0 Å². The van der Waals surface area contributed by atoms with Crippen molar-refractivity contribution in [2.24, 2.45) is 0 Å². The highest BCUT2D eigenvalue weighted by molar-refractivity contribution is 9.11. The van der Waals surface area contributed by atoms with Crippen molar-refractivity contribution in [3.05, 3.63) is 56.3 Å². The van der Waals surface area contributed by atoms with E-state index in [2.05, 4.69) is 38.4 Å². The van der Waals surface area contributed by atoms with Gasteiger partial charge in [-0.15, -0.1) is 11.3 Å². The Balaban J connectivity index is 1.74. The number of fused-ring (bicyclic) bond motifs is 1. The summed E-state index contributed by atoms with van der Waals surface area (Å²) < 4.78 is 1.18. The standard InChI is InChI=1S/C15H12BrClN2S/c16-15-4-2-11(20-15)5-7-18-13-6-8-19-14-9-10(17)1-3-12(13)14/h1-4,6,8-9H,5,7H2,(H,18,19). The van der Waals surface area contributed by atoms with E-state index < -0.39 is 0 Å². The van der Waals surface area contributed by atoms with E-state index >= 15 is 0 Å². The molecule has 20 heavy (non-hydrogen) atoms. The van der Waals surface area contributed by atoms with Gasteiger partial charge in [-0.3, -0.25) is 4.98 Å². The number of nitrogens with one attached hydrogen (secondary N) is 1. The second kappa shape index (κ2) is 6.12. The highest BCUT2D eigenvalue weighted by Crippen LogP contribution is 2.25. The smallest absolute Gasteiger partial charge is 0.0737 e. The lowest BCUT2D eigenvalue weighted by atomic mass is 10.2. The molecule has 2 heterocycles. The second-order valence-corrected chi connectivity index (χ2v) is 7.39. The Hall–Kier alpha value is -1.10. The molecule has 0 saturated heterocycles. The van der Waals surface area contributed by atoms with Crippen LogP contribution in [0.25, 0.3) is 10.9 Å². The fraction of sp³-hybridized carbons (Fsp3) is 0.133. The van der Waals surface area contributed by atoms with Crippen LogP contribution < -0.4 is 5.32 Å². The zero-order valence-corrected chi connectivity index (χ0v) is 13.7. The third-order valence-corrected chi connectivity index (χ3v) is 4.94. The van der Waals surface area contributed by atoms with Crippen LogP contribution in [0.15, 0.2) is 46.4 Å². The molecule has 2 aromatic heterocycles. The molecule has 102 valence electrons. The van der Waals surface area contributed by atoms with Gasteiger partial charge in [0, 0.05) is 33.7 Å². The third kappa shape index (κ3) is 3.14. The van der Waals surface area contributed by atoms with Crippen molar-refractivity contribution in [1.82, 2.24) is 4.98 Å². The third-order valence-electron chi connectivity index (χ3n) is 3.02. The van der Waals surface area contributed by atoms with E-state index in [-0.39, 0.29) is 0 Å². The summed E-state index contributed by atoms with van der Waals surface area (Å²) in [5.74, 6) is 0. The molecular formula is C15H12BrClN2S. The lowest BCUT2D eigenvalue weighted by molar-refractivity contribution is 1.05. The zero-order chi connectivity index (χ0) is 13.9. The number of rotatable bonds is 4. The van der Waals surface area contributed by atoms with Gasteiger partial charge in [0.05, 0.1) is 9.30 Å². The predicted molar refractivity (Wildman–Crippen MR) is 91.0 cm³/mol. The summed E-state index contributed by atoms with van der Waals surface area (Å²) in [6, 6.07) is 12.0. The average molecular weight is 368 g/mol. The van der Waals surface area contributed by atoms with E-state index in [4.69, 9.17) is 11.6 Å². The molecule has 2 nitrogen and oxygen atoms in total. The molecule has 3 rings (SSSR count). The Morgan fingerprint density at radius 2 is 2.10 bits per heavy atom. The van der Waals surface area contributed by atoms with Crippen molar-refractivity contribution in [1.29, 1.82) is 0 Å². The van der Waals surface area contributed by atoms with Gasteiger partial charge in [-0.25, -0.2) is 0 Å². The summed E-state index contributed by atoms with van der Waals surface area (Å²) in [6.07, 6.45) is 2.82. The van der Waals surface area contributed by atoms with E-state index in [1.54, 1.807) is 11.3 Å². The SMILES string of the molecule is Clc1ccc2c(NCCc3ccc(Br)s3)ccnc2c1. The van der Waals surface area contributed by atoms with Gasteiger partial charge in [-0.05, 0) is 58.7 Å². The fourth-order valence-electron chi connectivity index (χ4n) is 2.08. The number of halogens is 2. The van der Waals surface area contributed by atoms with E-state index in [1.807, 2.05) is 30.5 Å². The fourth-order valence-corrected chi connectivity index (χ4v) is 3.73. The molecule has 5 heteroatoms. The molecule has 0 unspecified atom stereocenters. The van der Waals surface area contributed by atoms with Crippen LogP contribution in [-0.2, 0) is 6.42 Å². The molecule has 0 radical (unpaired) electrons. The number of thiophene rings is 1. The van der Waals surface area contributed by atoms with Crippen LogP contribution in [0.4, 0.5) is 5.69 Å². The molecule has 0 bridgehead atoms. The van der Waals surface area contributed by atoms with Crippen LogP contribution in [0.5, 0.6) is 0 Å². The van der Waals surface area contributed by atoms with Crippen molar-refractivity contribution in [2.75, 3.05) is 11.9 Å². The van der Waals surface area contributed by atoms with Crippen LogP contribution in [0, 0.1) is 0 Å². The predicted octanol–water partition coefficient (Wildman–Crippen LogP) is 5.37. The summed E-state index contributed by atoms with van der Waals surface area (Å²) in [7, 11) is 0. The van der Waals surface area contributed by atoms with Crippen LogP contribution >= 0.6 is 38.9 Å². The molecule has 1 N–H and O–H groups in total. The van der Waals surface area contributed by atoms with Gasteiger partial charge in [0.2, 0.25) is 0 Å². The molecule has 0 amide bonds. The van der Waals surface area contributed by atoms with Crippen LogP contribution in [0.2, 0.25) is 5.02 Å². The molecule has 0 fully saturated rings. The van der Waals surface area contributed by atoms with Gasteiger partial charge in [0.1, 0.15) is 0 Å². The summed E-state index contributed by atoms with van der Waals surface area (Å²) in [4.78, 5) is 5.71. The average Bonchev–Trinajstić information content (AvgIpc) is 2.84. The first-order valence-corrected chi connectivity index (χ1v) is 8.23. The van der Waals surface area contributed by atoms with Gasteiger partial charge in [0.25, 0.3) is 0 Å². The lowest BCUT2D eigenvalue weighted by Crippen LogP contribution is -2.04.